The molecule has 3 aromatic rings. The Labute approximate surface area is 110 Å². The topological polar surface area (TPSA) is 43.1 Å². The molecule has 3 aromatic heterocycles. The molecule has 0 N–H and O–H groups in total. The second-order valence-corrected chi connectivity index (χ2v) is 4.64. The molecule has 0 bridgehead atoms. The van der Waals surface area contributed by atoms with Crippen LogP contribution >= 0.6 is 27.5 Å². The Morgan fingerprint density at radius 3 is 2.82 bits per heavy atom. The van der Waals surface area contributed by atoms with E-state index < -0.39 is 0 Å². The summed E-state index contributed by atoms with van der Waals surface area (Å²) in [7, 11) is 0. The monoisotopic (exact) mass is 308 g/mol. The summed E-state index contributed by atoms with van der Waals surface area (Å²) in [5.74, 6) is 0.670. The summed E-state index contributed by atoms with van der Waals surface area (Å²) in [4.78, 5) is 4.35. The predicted molar refractivity (Wildman–Crippen MR) is 68.9 cm³/mol. The number of hydrogen-bond donors (Lipinski definition) is 0. The average Bonchev–Trinajstić information content (AvgIpc) is 2.74. The highest BCUT2D eigenvalue weighted by Crippen LogP contribution is 2.21. The predicted octanol–water partition coefficient (Wildman–Crippen LogP) is 3.21. The van der Waals surface area contributed by atoms with E-state index in [0.29, 0.717) is 16.5 Å². The van der Waals surface area contributed by atoms with Crippen molar-refractivity contribution in [3.8, 4) is 11.5 Å². The van der Waals surface area contributed by atoms with Crippen molar-refractivity contribution < 1.29 is 0 Å². The van der Waals surface area contributed by atoms with Gasteiger partial charge in [0.05, 0.1) is 5.02 Å². The van der Waals surface area contributed by atoms with Crippen LogP contribution in [0.1, 0.15) is 0 Å². The summed E-state index contributed by atoms with van der Waals surface area (Å²) < 4.78 is 2.57. The lowest BCUT2D eigenvalue weighted by Gasteiger charge is -2.00. The van der Waals surface area contributed by atoms with Gasteiger partial charge in [-0.2, -0.15) is 0 Å². The van der Waals surface area contributed by atoms with Crippen molar-refractivity contribution in [1.82, 2.24) is 19.6 Å². The zero-order valence-electron chi connectivity index (χ0n) is 8.51. The molecule has 0 amide bonds. The molecule has 3 rings (SSSR count). The van der Waals surface area contributed by atoms with Gasteiger partial charge in [-0.05, 0) is 40.2 Å². The third-order valence-corrected chi connectivity index (χ3v) is 3.07. The van der Waals surface area contributed by atoms with Gasteiger partial charge in [-0.25, -0.2) is 4.98 Å². The van der Waals surface area contributed by atoms with Crippen LogP contribution < -0.4 is 0 Å². The molecule has 0 saturated heterocycles. The zero-order chi connectivity index (χ0) is 11.8. The molecule has 0 radical (unpaired) electrons. The Hall–Kier alpha value is -1.46. The fourth-order valence-electron chi connectivity index (χ4n) is 1.59. The SMILES string of the molecule is Clc1cccn2c(-c3cccc(Br)n3)nnc12. The van der Waals surface area contributed by atoms with Crippen LogP contribution in [0, 0.1) is 0 Å². The van der Waals surface area contributed by atoms with E-state index in [1.807, 2.05) is 34.9 Å². The fraction of sp³-hybridized carbons (Fsp3) is 0. The van der Waals surface area contributed by atoms with E-state index in [9.17, 15) is 0 Å². The lowest BCUT2D eigenvalue weighted by Crippen LogP contribution is -1.91. The van der Waals surface area contributed by atoms with Crippen molar-refractivity contribution in [1.29, 1.82) is 0 Å². The van der Waals surface area contributed by atoms with E-state index >= 15 is 0 Å². The summed E-state index contributed by atoms with van der Waals surface area (Å²) in [5.41, 5.74) is 1.38. The Bertz CT molecular complexity index is 695. The molecule has 4 nitrogen and oxygen atoms in total. The Morgan fingerprint density at radius 1 is 1.12 bits per heavy atom. The normalized spacial score (nSPS) is 10.9. The van der Waals surface area contributed by atoms with Crippen molar-refractivity contribution in [3.05, 3.63) is 46.2 Å². The van der Waals surface area contributed by atoms with E-state index in [1.54, 1.807) is 6.07 Å². The maximum absolute atomic E-state index is 6.04. The number of halogens is 2. The quantitative estimate of drug-likeness (QED) is 0.648. The van der Waals surface area contributed by atoms with Gasteiger partial charge in [0.15, 0.2) is 11.5 Å². The first-order valence-electron chi connectivity index (χ1n) is 4.88. The van der Waals surface area contributed by atoms with Crippen molar-refractivity contribution in [2.24, 2.45) is 0 Å². The molecule has 0 spiro atoms. The third-order valence-electron chi connectivity index (χ3n) is 2.33. The molecular formula is C11H6BrClN4. The van der Waals surface area contributed by atoms with Crippen molar-refractivity contribution in [3.63, 3.8) is 0 Å². The third kappa shape index (κ3) is 1.81. The van der Waals surface area contributed by atoms with Crippen LogP contribution in [0.5, 0.6) is 0 Å². The van der Waals surface area contributed by atoms with Crippen LogP contribution in [0.3, 0.4) is 0 Å². The molecular weight excluding hydrogens is 304 g/mol. The minimum absolute atomic E-state index is 0.571. The standard InChI is InChI=1S/C11H6BrClN4/c12-9-5-1-4-8(14-9)11-16-15-10-7(13)3-2-6-17(10)11/h1-6H. The molecule has 3 heterocycles. The van der Waals surface area contributed by atoms with Crippen LogP contribution in [-0.2, 0) is 0 Å². The largest absolute Gasteiger partial charge is 0.280 e. The maximum Gasteiger partial charge on any atom is 0.187 e. The summed E-state index contributed by atoms with van der Waals surface area (Å²) in [6.07, 6.45) is 1.86. The average molecular weight is 310 g/mol. The molecule has 0 aliphatic heterocycles. The highest BCUT2D eigenvalue weighted by atomic mass is 79.9. The van der Waals surface area contributed by atoms with E-state index in [0.717, 1.165) is 10.3 Å². The maximum atomic E-state index is 6.04. The minimum atomic E-state index is 0.571. The first kappa shape index (κ1) is 10.7. The van der Waals surface area contributed by atoms with Gasteiger partial charge in [0.2, 0.25) is 0 Å². The minimum Gasteiger partial charge on any atom is -0.280 e. The smallest absolute Gasteiger partial charge is 0.187 e. The molecule has 6 heteroatoms. The molecule has 0 fully saturated rings. The van der Waals surface area contributed by atoms with E-state index in [2.05, 4.69) is 31.1 Å². The van der Waals surface area contributed by atoms with Gasteiger partial charge in [0.25, 0.3) is 0 Å². The Morgan fingerprint density at radius 2 is 2.00 bits per heavy atom. The van der Waals surface area contributed by atoms with Gasteiger partial charge >= 0.3 is 0 Å². The van der Waals surface area contributed by atoms with Crippen LogP contribution in [-0.4, -0.2) is 19.6 Å². The molecule has 17 heavy (non-hydrogen) atoms. The number of fused-ring (bicyclic) bond motifs is 1. The number of nitrogens with zero attached hydrogens (tertiary/aromatic N) is 4. The van der Waals surface area contributed by atoms with E-state index in [-0.39, 0.29) is 0 Å². The summed E-state index contributed by atoms with van der Waals surface area (Å²) in [6.45, 7) is 0. The Kier molecular flexibility index (Phi) is 2.57. The Balaban J connectivity index is 2.28. The molecule has 0 atom stereocenters. The number of aromatic nitrogens is 4. The summed E-state index contributed by atoms with van der Waals surface area (Å²) in [6, 6.07) is 9.27. The lowest BCUT2D eigenvalue weighted by molar-refractivity contribution is 1.08. The summed E-state index contributed by atoms with van der Waals surface area (Å²) >= 11 is 9.37. The highest BCUT2D eigenvalue weighted by Gasteiger charge is 2.10. The molecule has 0 aliphatic carbocycles. The molecule has 84 valence electrons. The van der Waals surface area contributed by atoms with Crippen molar-refractivity contribution >= 4 is 33.2 Å². The first-order chi connectivity index (χ1) is 8.25. The van der Waals surface area contributed by atoms with Crippen molar-refractivity contribution in [2.45, 2.75) is 0 Å². The highest BCUT2D eigenvalue weighted by molar-refractivity contribution is 9.10. The van der Waals surface area contributed by atoms with Gasteiger partial charge in [0, 0.05) is 6.20 Å². The van der Waals surface area contributed by atoms with E-state index in [1.165, 1.54) is 0 Å². The van der Waals surface area contributed by atoms with Gasteiger partial charge in [-0.3, -0.25) is 4.40 Å². The number of rotatable bonds is 1. The van der Waals surface area contributed by atoms with E-state index in [4.69, 9.17) is 11.6 Å². The molecule has 0 aliphatic rings. The van der Waals surface area contributed by atoms with Gasteiger partial charge in [0.1, 0.15) is 10.3 Å². The number of pyridine rings is 2. The van der Waals surface area contributed by atoms with Crippen molar-refractivity contribution in [2.75, 3.05) is 0 Å². The van der Waals surface area contributed by atoms with Crippen LogP contribution in [0.2, 0.25) is 5.02 Å². The van der Waals surface area contributed by atoms with Gasteiger partial charge in [-0.15, -0.1) is 10.2 Å². The zero-order valence-corrected chi connectivity index (χ0v) is 10.9. The fourth-order valence-corrected chi connectivity index (χ4v) is 2.14. The second-order valence-electron chi connectivity index (χ2n) is 3.42. The molecule has 0 aromatic carbocycles. The molecule has 0 unspecified atom stereocenters. The molecule has 0 saturated carbocycles. The first-order valence-corrected chi connectivity index (χ1v) is 6.05. The van der Waals surface area contributed by atoms with Crippen LogP contribution in [0.4, 0.5) is 0 Å². The van der Waals surface area contributed by atoms with Crippen LogP contribution in [0.15, 0.2) is 41.1 Å². The van der Waals surface area contributed by atoms with Gasteiger partial charge < -0.3 is 0 Å². The summed E-state index contributed by atoms with van der Waals surface area (Å²) in [5, 5.41) is 8.73. The number of hydrogen-bond acceptors (Lipinski definition) is 3. The second kappa shape index (κ2) is 4.09. The van der Waals surface area contributed by atoms with Crippen LogP contribution in [0.25, 0.3) is 17.2 Å². The lowest BCUT2D eigenvalue weighted by atomic mass is 10.3. The van der Waals surface area contributed by atoms with Gasteiger partial charge in [-0.1, -0.05) is 17.7 Å².